The monoisotopic (exact) mass is 383 g/mol. The second-order valence-electron chi connectivity index (χ2n) is 7.28. The number of halogens is 1. The molecule has 0 spiro atoms. The Morgan fingerprint density at radius 1 is 1.36 bits per heavy atom. The number of fused-ring (bicyclic) bond motifs is 1. The van der Waals surface area contributed by atoms with Crippen LogP contribution in [-0.2, 0) is 24.2 Å². The van der Waals surface area contributed by atoms with Gasteiger partial charge in [0.15, 0.2) is 0 Å². The fourth-order valence-electron chi connectivity index (χ4n) is 3.91. The third-order valence-electron chi connectivity index (χ3n) is 5.27. The minimum absolute atomic E-state index is 0.0615. The molecule has 0 saturated carbocycles. The van der Waals surface area contributed by atoms with E-state index < -0.39 is 0 Å². The quantitative estimate of drug-likeness (QED) is 0.860. The SMILES string of the molecule is COc1nc2c(cc1C(=O)N[C@H]1CC(=O)N(Cc3cccc(F)c3)C1)CCC2. The summed E-state index contributed by atoms with van der Waals surface area (Å²) in [5.74, 6) is -0.359. The standard InChI is InChI=1S/C21H22FN3O3/c1-28-21-17(9-14-5-3-7-18(14)24-21)20(27)23-16-10-19(26)25(12-16)11-13-4-2-6-15(22)8-13/h2,4,6,8-9,16H,3,5,7,10-12H2,1H3,(H,23,27)/t16-/m0/s1. The zero-order chi connectivity index (χ0) is 19.7. The Kier molecular flexibility index (Phi) is 4.98. The molecule has 1 N–H and O–H groups in total. The number of rotatable bonds is 5. The first kappa shape index (κ1) is 18.4. The number of carbonyl (C=O) groups excluding carboxylic acids is 2. The van der Waals surface area contributed by atoms with E-state index in [-0.39, 0.29) is 30.1 Å². The normalized spacial score (nSPS) is 18.3. The predicted octanol–water partition coefficient (Wildman–Crippen LogP) is 2.25. The maximum atomic E-state index is 13.4. The lowest BCUT2D eigenvalue weighted by molar-refractivity contribution is -0.128. The lowest BCUT2D eigenvalue weighted by atomic mass is 10.1. The number of amides is 2. The molecule has 0 bridgehead atoms. The largest absolute Gasteiger partial charge is 0.480 e. The highest BCUT2D eigenvalue weighted by molar-refractivity contribution is 5.97. The van der Waals surface area contributed by atoms with E-state index in [1.807, 2.05) is 6.07 Å². The maximum Gasteiger partial charge on any atom is 0.257 e. The van der Waals surface area contributed by atoms with E-state index >= 15 is 0 Å². The molecule has 1 aromatic carbocycles. The molecule has 2 amide bonds. The molecule has 2 aliphatic rings. The summed E-state index contributed by atoms with van der Waals surface area (Å²) in [6, 6.07) is 7.74. The van der Waals surface area contributed by atoms with Gasteiger partial charge in [-0.2, -0.15) is 0 Å². The van der Waals surface area contributed by atoms with Crippen molar-refractivity contribution in [2.75, 3.05) is 13.7 Å². The zero-order valence-corrected chi connectivity index (χ0v) is 15.7. The Balaban J connectivity index is 1.44. The van der Waals surface area contributed by atoms with Gasteiger partial charge in [0.25, 0.3) is 5.91 Å². The van der Waals surface area contributed by atoms with Gasteiger partial charge in [0, 0.05) is 25.2 Å². The number of pyridine rings is 1. The molecule has 1 aliphatic heterocycles. The summed E-state index contributed by atoms with van der Waals surface area (Å²) in [7, 11) is 1.50. The Morgan fingerprint density at radius 3 is 3.00 bits per heavy atom. The highest BCUT2D eigenvalue weighted by atomic mass is 19.1. The fraction of sp³-hybridized carbons (Fsp3) is 0.381. The van der Waals surface area contributed by atoms with Crippen LogP contribution in [0.15, 0.2) is 30.3 Å². The molecule has 28 heavy (non-hydrogen) atoms. The molecule has 146 valence electrons. The van der Waals surface area contributed by atoms with Gasteiger partial charge < -0.3 is 15.0 Å². The fourth-order valence-corrected chi connectivity index (χ4v) is 3.91. The van der Waals surface area contributed by atoms with Crippen molar-refractivity contribution in [3.8, 4) is 5.88 Å². The van der Waals surface area contributed by atoms with E-state index in [0.717, 1.165) is 36.1 Å². The van der Waals surface area contributed by atoms with Crippen LogP contribution in [0.2, 0.25) is 0 Å². The van der Waals surface area contributed by atoms with Gasteiger partial charge in [-0.1, -0.05) is 12.1 Å². The Bertz CT molecular complexity index is 931. The highest BCUT2D eigenvalue weighted by Gasteiger charge is 2.32. The Hall–Kier alpha value is -2.96. The first-order chi connectivity index (χ1) is 13.5. The van der Waals surface area contributed by atoms with Crippen molar-refractivity contribution >= 4 is 11.8 Å². The number of carbonyl (C=O) groups is 2. The molecule has 1 fully saturated rings. The van der Waals surface area contributed by atoms with E-state index in [4.69, 9.17) is 4.74 Å². The number of nitrogens with one attached hydrogen (secondary N) is 1. The van der Waals surface area contributed by atoms with Crippen LogP contribution in [0.5, 0.6) is 5.88 Å². The van der Waals surface area contributed by atoms with Gasteiger partial charge in [-0.15, -0.1) is 0 Å². The van der Waals surface area contributed by atoms with Crippen LogP contribution < -0.4 is 10.1 Å². The van der Waals surface area contributed by atoms with Crippen molar-refractivity contribution in [3.63, 3.8) is 0 Å². The number of hydrogen-bond acceptors (Lipinski definition) is 4. The summed E-state index contributed by atoms with van der Waals surface area (Å²) in [4.78, 5) is 31.2. The van der Waals surface area contributed by atoms with E-state index in [2.05, 4.69) is 10.3 Å². The number of hydrogen-bond donors (Lipinski definition) is 1. The molecular weight excluding hydrogens is 361 g/mol. The third kappa shape index (κ3) is 3.69. The lowest BCUT2D eigenvalue weighted by Gasteiger charge is -2.18. The van der Waals surface area contributed by atoms with E-state index in [0.29, 0.717) is 24.5 Å². The molecular formula is C21H22FN3O3. The first-order valence-corrected chi connectivity index (χ1v) is 9.43. The number of nitrogens with zero attached hydrogens (tertiary/aromatic N) is 2. The van der Waals surface area contributed by atoms with Crippen molar-refractivity contribution < 1.29 is 18.7 Å². The topological polar surface area (TPSA) is 71.5 Å². The van der Waals surface area contributed by atoms with Crippen molar-refractivity contribution in [2.45, 2.75) is 38.3 Å². The van der Waals surface area contributed by atoms with Crippen LogP contribution in [0, 0.1) is 5.82 Å². The van der Waals surface area contributed by atoms with Crippen molar-refractivity contribution in [3.05, 3.63) is 58.5 Å². The van der Waals surface area contributed by atoms with Crippen LogP contribution in [0.25, 0.3) is 0 Å². The summed E-state index contributed by atoms with van der Waals surface area (Å²) >= 11 is 0. The third-order valence-corrected chi connectivity index (χ3v) is 5.27. The van der Waals surface area contributed by atoms with E-state index in [1.165, 1.54) is 19.2 Å². The summed E-state index contributed by atoms with van der Waals surface area (Å²) in [6.07, 6.45) is 3.07. The summed E-state index contributed by atoms with van der Waals surface area (Å²) in [5, 5.41) is 2.92. The smallest absolute Gasteiger partial charge is 0.257 e. The number of ether oxygens (including phenoxy) is 1. The van der Waals surface area contributed by atoms with Crippen LogP contribution in [0.4, 0.5) is 4.39 Å². The molecule has 0 radical (unpaired) electrons. The molecule has 1 aromatic heterocycles. The number of likely N-dealkylation sites (tertiary alicyclic amines) is 1. The van der Waals surface area contributed by atoms with Gasteiger partial charge in [-0.25, -0.2) is 9.37 Å². The number of benzene rings is 1. The van der Waals surface area contributed by atoms with Crippen LogP contribution in [-0.4, -0.2) is 41.4 Å². The average Bonchev–Trinajstić information content (AvgIpc) is 3.26. The molecule has 0 unspecified atom stereocenters. The average molecular weight is 383 g/mol. The molecule has 2 heterocycles. The minimum atomic E-state index is -0.329. The molecule has 4 rings (SSSR count). The van der Waals surface area contributed by atoms with Gasteiger partial charge in [-0.05, 0) is 48.6 Å². The maximum absolute atomic E-state index is 13.4. The first-order valence-electron chi connectivity index (χ1n) is 9.43. The lowest BCUT2D eigenvalue weighted by Crippen LogP contribution is -2.37. The van der Waals surface area contributed by atoms with Gasteiger partial charge in [0.2, 0.25) is 11.8 Å². The summed E-state index contributed by atoms with van der Waals surface area (Å²) in [5.41, 5.74) is 3.20. The second-order valence-corrected chi connectivity index (χ2v) is 7.28. The predicted molar refractivity (Wildman–Crippen MR) is 101 cm³/mol. The summed E-state index contributed by atoms with van der Waals surface area (Å²) in [6.45, 7) is 0.717. The number of methoxy groups -OCH3 is 1. The zero-order valence-electron chi connectivity index (χ0n) is 15.7. The van der Waals surface area contributed by atoms with Crippen molar-refractivity contribution in [1.29, 1.82) is 0 Å². The number of aromatic nitrogens is 1. The minimum Gasteiger partial charge on any atom is -0.480 e. The Morgan fingerprint density at radius 2 is 2.21 bits per heavy atom. The van der Waals surface area contributed by atoms with Crippen molar-refractivity contribution in [1.82, 2.24) is 15.2 Å². The van der Waals surface area contributed by atoms with Crippen molar-refractivity contribution in [2.24, 2.45) is 0 Å². The van der Waals surface area contributed by atoms with E-state index in [9.17, 15) is 14.0 Å². The summed E-state index contributed by atoms with van der Waals surface area (Å²) < 4.78 is 18.7. The van der Waals surface area contributed by atoms with Gasteiger partial charge in [0.1, 0.15) is 11.4 Å². The van der Waals surface area contributed by atoms with Crippen LogP contribution in [0.3, 0.4) is 0 Å². The van der Waals surface area contributed by atoms with Crippen LogP contribution in [0.1, 0.15) is 40.0 Å². The van der Waals surface area contributed by atoms with Gasteiger partial charge in [-0.3, -0.25) is 9.59 Å². The second kappa shape index (κ2) is 7.58. The Labute approximate surface area is 162 Å². The van der Waals surface area contributed by atoms with Crippen LogP contribution >= 0.6 is 0 Å². The molecule has 6 nitrogen and oxygen atoms in total. The molecule has 2 aromatic rings. The van der Waals surface area contributed by atoms with Gasteiger partial charge in [0.05, 0.1) is 13.2 Å². The number of aryl methyl sites for hydroxylation is 2. The molecule has 1 atom stereocenters. The van der Waals surface area contributed by atoms with E-state index in [1.54, 1.807) is 17.0 Å². The molecule has 1 saturated heterocycles. The highest BCUT2D eigenvalue weighted by Crippen LogP contribution is 2.27. The molecule has 7 heteroatoms. The van der Waals surface area contributed by atoms with Gasteiger partial charge >= 0.3 is 0 Å². The molecule has 1 aliphatic carbocycles.